The van der Waals surface area contributed by atoms with E-state index in [9.17, 15) is 18.7 Å². The van der Waals surface area contributed by atoms with Gasteiger partial charge in [-0.3, -0.25) is 4.99 Å². The number of benzene rings is 1. The molecule has 1 atom stereocenters. The number of aromatic nitrogens is 2. The molecule has 0 amide bonds. The highest BCUT2D eigenvalue weighted by molar-refractivity contribution is 6.24. The first-order valence-electron chi connectivity index (χ1n) is 9.00. The van der Waals surface area contributed by atoms with Gasteiger partial charge in [-0.05, 0) is 30.3 Å². The molecule has 6 nitrogen and oxygen atoms in total. The summed E-state index contributed by atoms with van der Waals surface area (Å²) in [5.41, 5.74) is 0.940. The third-order valence-electron chi connectivity index (χ3n) is 4.81. The quantitative estimate of drug-likeness (QED) is 0.630. The molecule has 0 radical (unpaired) electrons. The number of nitrogens with zero attached hydrogens (tertiary/aromatic N) is 3. The average molecular weight is 432 g/mol. The number of hydrogen-bond acceptors (Lipinski definition) is 4. The Bertz CT molecular complexity index is 1270. The SMILES string of the molecule is COc1ncccc1-c1c(C(=O)O)n(Cc2cc(F)ccc2F)c2c1=CC(Cl)CN=2. The average Bonchev–Trinajstić information content (AvgIpc) is 3.04. The fraction of sp³-hybridized carbons (Fsp3) is 0.190. The van der Waals surface area contributed by atoms with Crippen molar-refractivity contribution >= 4 is 23.6 Å². The lowest BCUT2D eigenvalue weighted by Crippen LogP contribution is -2.36. The summed E-state index contributed by atoms with van der Waals surface area (Å²) >= 11 is 6.26. The van der Waals surface area contributed by atoms with Crippen molar-refractivity contribution in [3.63, 3.8) is 0 Å². The molecule has 1 aliphatic rings. The number of aromatic carboxylic acids is 1. The first-order chi connectivity index (χ1) is 14.4. The molecule has 1 aliphatic heterocycles. The van der Waals surface area contributed by atoms with Crippen LogP contribution in [0, 0.1) is 11.6 Å². The summed E-state index contributed by atoms with van der Waals surface area (Å²) in [5.74, 6) is -2.30. The molecule has 0 bridgehead atoms. The van der Waals surface area contributed by atoms with Gasteiger partial charge in [-0.15, -0.1) is 11.6 Å². The molecule has 30 heavy (non-hydrogen) atoms. The Morgan fingerprint density at radius 3 is 2.90 bits per heavy atom. The van der Waals surface area contributed by atoms with Gasteiger partial charge in [0.15, 0.2) is 0 Å². The zero-order chi connectivity index (χ0) is 21.4. The number of hydrogen-bond donors (Lipinski definition) is 1. The Hall–Kier alpha value is -3.26. The minimum Gasteiger partial charge on any atom is -0.481 e. The zero-order valence-corrected chi connectivity index (χ0v) is 16.5. The van der Waals surface area contributed by atoms with Gasteiger partial charge < -0.3 is 14.4 Å². The number of ether oxygens (including phenoxy) is 1. The van der Waals surface area contributed by atoms with Crippen LogP contribution >= 0.6 is 11.6 Å². The van der Waals surface area contributed by atoms with Crippen LogP contribution in [0.1, 0.15) is 16.1 Å². The number of halogens is 3. The molecule has 0 aliphatic carbocycles. The van der Waals surface area contributed by atoms with Crippen LogP contribution < -0.4 is 15.4 Å². The molecule has 1 unspecified atom stereocenters. The Morgan fingerprint density at radius 1 is 1.37 bits per heavy atom. The van der Waals surface area contributed by atoms with Crippen molar-refractivity contribution in [3.8, 4) is 17.0 Å². The lowest BCUT2D eigenvalue weighted by Gasteiger charge is -2.11. The first-order valence-corrected chi connectivity index (χ1v) is 9.43. The van der Waals surface area contributed by atoms with Crippen molar-refractivity contribution in [1.29, 1.82) is 0 Å². The third-order valence-corrected chi connectivity index (χ3v) is 5.07. The maximum atomic E-state index is 14.3. The van der Waals surface area contributed by atoms with E-state index in [0.29, 0.717) is 21.8 Å². The third kappa shape index (κ3) is 3.43. The molecule has 2 aromatic heterocycles. The van der Waals surface area contributed by atoms with Gasteiger partial charge in [0, 0.05) is 28.1 Å². The van der Waals surface area contributed by atoms with Gasteiger partial charge in [0.05, 0.1) is 25.6 Å². The summed E-state index contributed by atoms with van der Waals surface area (Å²) in [7, 11) is 1.43. The van der Waals surface area contributed by atoms with Gasteiger partial charge in [-0.2, -0.15) is 0 Å². The molecule has 4 rings (SSSR count). The van der Waals surface area contributed by atoms with Gasteiger partial charge >= 0.3 is 5.97 Å². The molecule has 0 saturated carbocycles. The molecule has 0 spiro atoms. The van der Waals surface area contributed by atoms with Crippen LogP contribution in [-0.2, 0) is 6.54 Å². The minimum absolute atomic E-state index is 0.00296. The summed E-state index contributed by atoms with van der Waals surface area (Å²) < 4.78 is 34.7. The number of pyridine rings is 1. The standard InChI is InChI=1S/C21H16ClF2N3O3/c1-30-20-14(3-2-6-25-20)17-15-8-12(22)9-26-19(15)27(18(17)21(28)29)10-11-7-13(23)4-5-16(11)24/h2-8,12H,9-10H2,1H3,(H,28,29). The maximum absolute atomic E-state index is 14.3. The first kappa shape index (κ1) is 20.0. The predicted octanol–water partition coefficient (Wildman–Crippen LogP) is 2.60. The highest BCUT2D eigenvalue weighted by atomic mass is 35.5. The van der Waals surface area contributed by atoms with Crippen molar-refractivity contribution in [2.45, 2.75) is 11.9 Å². The van der Waals surface area contributed by atoms with Gasteiger partial charge in [0.1, 0.15) is 22.8 Å². The molecule has 154 valence electrons. The van der Waals surface area contributed by atoms with Crippen molar-refractivity contribution in [2.75, 3.05) is 13.7 Å². The lowest BCUT2D eigenvalue weighted by molar-refractivity contribution is 0.0686. The molecule has 9 heteroatoms. The zero-order valence-electron chi connectivity index (χ0n) is 15.8. The van der Waals surface area contributed by atoms with Crippen LogP contribution in [0.4, 0.5) is 8.78 Å². The fourth-order valence-electron chi connectivity index (χ4n) is 3.59. The smallest absolute Gasteiger partial charge is 0.353 e. The van der Waals surface area contributed by atoms with Crippen LogP contribution in [0.15, 0.2) is 41.5 Å². The summed E-state index contributed by atoms with van der Waals surface area (Å²) in [6.45, 7) is 0.00725. The molecule has 1 aromatic carbocycles. The number of fused-ring (bicyclic) bond motifs is 1. The van der Waals surface area contributed by atoms with E-state index in [1.165, 1.54) is 17.9 Å². The van der Waals surface area contributed by atoms with Crippen LogP contribution in [0.5, 0.6) is 5.88 Å². The van der Waals surface area contributed by atoms with Gasteiger partial charge in [-0.1, -0.05) is 6.08 Å². The molecular weight excluding hydrogens is 416 g/mol. The van der Waals surface area contributed by atoms with Crippen LogP contribution in [0.25, 0.3) is 17.2 Å². The monoisotopic (exact) mass is 431 g/mol. The van der Waals surface area contributed by atoms with Gasteiger partial charge in [-0.25, -0.2) is 18.6 Å². The molecule has 3 aromatic rings. The molecule has 0 saturated heterocycles. The second kappa shape index (κ2) is 7.87. The Morgan fingerprint density at radius 2 is 2.17 bits per heavy atom. The van der Waals surface area contributed by atoms with E-state index < -0.39 is 23.0 Å². The summed E-state index contributed by atoms with van der Waals surface area (Å²) in [4.78, 5) is 20.9. The Labute approximate surface area is 174 Å². The summed E-state index contributed by atoms with van der Waals surface area (Å²) in [6.07, 6.45) is 3.23. The number of carboxylic acid groups (broad SMARTS) is 1. The largest absolute Gasteiger partial charge is 0.481 e. The Kier molecular flexibility index (Phi) is 5.26. The molecular formula is C21H16ClF2N3O3. The fourth-order valence-corrected chi connectivity index (χ4v) is 3.78. The van der Waals surface area contributed by atoms with E-state index in [1.807, 2.05) is 0 Å². The number of alkyl halides is 1. The van der Waals surface area contributed by atoms with Gasteiger partial charge in [0.2, 0.25) is 5.88 Å². The minimum atomic E-state index is -1.25. The molecule has 3 heterocycles. The summed E-state index contributed by atoms with van der Waals surface area (Å²) in [6, 6.07) is 6.37. The topological polar surface area (TPSA) is 76.7 Å². The highest BCUT2D eigenvalue weighted by Crippen LogP contribution is 2.29. The lowest BCUT2D eigenvalue weighted by atomic mass is 10.0. The normalized spacial score (nSPS) is 15.1. The molecule has 0 fully saturated rings. The number of carbonyl (C=O) groups is 1. The van der Waals surface area contributed by atoms with Gasteiger partial charge in [0.25, 0.3) is 0 Å². The van der Waals surface area contributed by atoms with E-state index in [0.717, 1.165) is 18.2 Å². The van der Waals surface area contributed by atoms with Crippen molar-refractivity contribution in [2.24, 2.45) is 4.99 Å². The van der Waals surface area contributed by atoms with Crippen molar-refractivity contribution < 1.29 is 23.4 Å². The second-order valence-corrected chi connectivity index (χ2v) is 7.23. The highest BCUT2D eigenvalue weighted by Gasteiger charge is 2.27. The summed E-state index contributed by atoms with van der Waals surface area (Å²) in [5, 5.41) is 10.1. The van der Waals surface area contributed by atoms with Crippen molar-refractivity contribution in [3.05, 3.63) is 70.1 Å². The van der Waals surface area contributed by atoms with E-state index in [2.05, 4.69) is 9.98 Å². The van der Waals surface area contributed by atoms with E-state index in [-0.39, 0.29) is 30.2 Å². The van der Waals surface area contributed by atoms with Crippen LogP contribution in [-0.4, -0.2) is 39.7 Å². The van der Waals surface area contributed by atoms with E-state index in [4.69, 9.17) is 16.3 Å². The second-order valence-electron chi connectivity index (χ2n) is 6.67. The Balaban J connectivity index is 2.07. The number of methoxy groups -OCH3 is 1. The van der Waals surface area contributed by atoms with Crippen LogP contribution in [0.3, 0.4) is 0 Å². The van der Waals surface area contributed by atoms with Crippen molar-refractivity contribution in [1.82, 2.24) is 9.55 Å². The number of rotatable bonds is 5. The van der Waals surface area contributed by atoms with E-state index in [1.54, 1.807) is 18.2 Å². The molecule has 1 N–H and O–H groups in total. The number of carboxylic acids is 1. The van der Waals surface area contributed by atoms with Crippen LogP contribution in [0.2, 0.25) is 0 Å². The van der Waals surface area contributed by atoms with E-state index >= 15 is 0 Å². The maximum Gasteiger partial charge on any atom is 0.353 e. The predicted molar refractivity (Wildman–Crippen MR) is 106 cm³/mol.